The molecule has 0 fully saturated rings. The molecule has 0 aromatic heterocycles. The molecule has 1 rings (SSSR count). The number of rotatable bonds is 3. The molecular formula is C11H13NO2. The van der Waals surface area contributed by atoms with Crippen LogP contribution in [0.4, 0.5) is 0 Å². The number of methoxy groups -OCH3 is 2. The summed E-state index contributed by atoms with van der Waals surface area (Å²) in [4.78, 5) is 0. The van der Waals surface area contributed by atoms with Gasteiger partial charge in [0.15, 0.2) is 0 Å². The number of nitriles is 1. The summed E-state index contributed by atoms with van der Waals surface area (Å²) in [5, 5.41) is 8.58. The van der Waals surface area contributed by atoms with Gasteiger partial charge in [-0.05, 0) is 24.6 Å². The van der Waals surface area contributed by atoms with Gasteiger partial charge in [-0.25, -0.2) is 0 Å². The lowest BCUT2D eigenvalue weighted by molar-refractivity contribution is 0.388. The maximum absolute atomic E-state index is 8.58. The van der Waals surface area contributed by atoms with Crippen molar-refractivity contribution in [1.29, 1.82) is 5.26 Å². The molecule has 0 aliphatic heterocycles. The van der Waals surface area contributed by atoms with Crippen molar-refractivity contribution in [2.45, 2.75) is 13.3 Å². The maximum Gasteiger partial charge on any atom is 0.125 e. The van der Waals surface area contributed by atoms with Gasteiger partial charge >= 0.3 is 0 Å². The van der Waals surface area contributed by atoms with Crippen molar-refractivity contribution in [3.8, 4) is 17.6 Å². The predicted octanol–water partition coefficient (Wildman–Crippen LogP) is 2.08. The molecule has 0 saturated heterocycles. The number of hydrogen-bond donors (Lipinski definition) is 0. The van der Waals surface area contributed by atoms with Gasteiger partial charge in [0.25, 0.3) is 0 Å². The van der Waals surface area contributed by atoms with Gasteiger partial charge in [0.1, 0.15) is 11.5 Å². The van der Waals surface area contributed by atoms with Crippen molar-refractivity contribution >= 4 is 0 Å². The van der Waals surface area contributed by atoms with E-state index in [2.05, 4.69) is 6.07 Å². The summed E-state index contributed by atoms with van der Waals surface area (Å²) >= 11 is 0. The first-order valence-corrected chi connectivity index (χ1v) is 4.31. The molecule has 1 aromatic rings. The summed E-state index contributed by atoms with van der Waals surface area (Å²) in [6.07, 6.45) is 0.368. The summed E-state index contributed by atoms with van der Waals surface area (Å²) in [6.45, 7) is 1.92. The normalized spacial score (nSPS) is 9.29. The van der Waals surface area contributed by atoms with Crippen LogP contribution in [-0.4, -0.2) is 14.2 Å². The van der Waals surface area contributed by atoms with Crippen LogP contribution in [0.3, 0.4) is 0 Å². The van der Waals surface area contributed by atoms with E-state index in [9.17, 15) is 0 Å². The number of ether oxygens (including phenoxy) is 2. The van der Waals surface area contributed by atoms with E-state index < -0.39 is 0 Å². The Morgan fingerprint density at radius 1 is 1.21 bits per heavy atom. The van der Waals surface area contributed by atoms with Gasteiger partial charge in [-0.2, -0.15) is 5.26 Å². The van der Waals surface area contributed by atoms with Crippen LogP contribution in [0.1, 0.15) is 11.1 Å². The second kappa shape index (κ2) is 4.52. The quantitative estimate of drug-likeness (QED) is 0.734. The molecule has 0 unspecified atom stereocenters. The fraction of sp³-hybridized carbons (Fsp3) is 0.364. The van der Waals surface area contributed by atoms with Crippen LogP contribution >= 0.6 is 0 Å². The molecule has 0 saturated carbocycles. The van der Waals surface area contributed by atoms with Gasteiger partial charge in [0.05, 0.1) is 26.7 Å². The molecule has 0 aliphatic carbocycles. The van der Waals surface area contributed by atoms with Crippen LogP contribution < -0.4 is 9.47 Å². The van der Waals surface area contributed by atoms with E-state index in [-0.39, 0.29) is 0 Å². The minimum absolute atomic E-state index is 0.368. The van der Waals surface area contributed by atoms with Gasteiger partial charge in [-0.3, -0.25) is 0 Å². The Morgan fingerprint density at radius 2 is 1.71 bits per heavy atom. The number of benzene rings is 1. The molecule has 0 amide bonds. The molecular weight excluding hydrogens is 178 g/mol. The second-order valence-corrected chi connectivity index (χ2v) is 2.96. The molecule has 0 heterocycles. The largest absolute Gasteiger partial charge is 0.496 e. The molecule has 0 radical (unpaired) electrons. The van der Waals surface area contributed by atoms with E-state index in [0.29, 0.717) is 6.42 Å². The van der Waals surface area contributed by atoms with Crippen molar-refractivity contribution in [2.24, 2.45) is 0 Å². The summed E-state index contributed by atoms with van der Waals surface area (Å²) in [5.41, 5.74) is 1.86. The molecule has 0 bridgehead atoms. The third kappa shape index (κ3) is 1.97. The fourth-order valence-electron chi connectivity index (χ4n) is 1.33. The highest BCUT2D eigenvalue weighted by molar-refractivity contribution is 5.47. The molecule has 3 nitrogen and oxygen atoms in total. The Kier molecular flexibility index (Phi) is 3.35. The van der Waals surface area contributed by atoms with Gasteiger partial charge in [0, 0.05) is 5.56 Å². The van der Waals surface area contributed by atoms with Crippen LogP contribution in [0.25, 0.3) is 0 Å². The Labute approximate surface area is 83.9 Å². The molecule has 0 spiro atoms. The molecule has 3 heteroatoms. The highest BCUT2D eigenvalue weighted by Gasteiger charge is 2.07. The standard InChI is InChI=1S/C11H13NO2/c1-8-10(13-2)6-9(4-5-12)7-11(8)14-3/h6-7H,4H2,1-3H3. The van der Waals surface area contributed by atoms with E-state index in [4.69, 9.17) is 14.7 Å². The monoisotopic (exact) mass is 191 g/mol. The number of nitrogens with zero attached hydrogens (tertiary/aromatic N) is 1. The van der Waals surface area contributed by atoms with Crippen molar-refractivity contribution in [1.82, 2.24) is 0 Å². The van der Waals surface area contributed by atoms with Crippen LogP contribution in [0.15, 0.2) is 12.1 Å². The van der Waals surface area contributed by atoms with E-state index in [0.717, 1.165) is 22.6 Å². The van der Waals surface area contributed by atoms with Crippen molar-refractivity contribution in [2.75, 3.05) is 14.2 Å². The molecule has 0 aliphatic rings. The SMILES string of the molecule is COc1cc(CC#N)cc(OC)c1C. The fourth-order valence-corrected chi connectivity index (χ4v) is 1.33. The third-order valence-electron chi connectivity index (χ3n) is 2.10. The van der Waals surface area contributed by atoms with Gasteiger partial charge in [-0.1, -0.05) is 0 Å². The lowest BCUT2D eigenvalue weighted by Gasteiger charge is -2.11. The summed E-state index contributed by atoms with van der Waals surface area (Å²) in [6, 6.07) is 5.82. The highest BCUT2D eigenvalue weighted by Crippen LogP contribution is 2.29. The first-order valence-electron chi connectivity index (χ1n) is 4.31. The van der Waals surface area contributed by atoms with Crippen LogP contribution in [0.5, 0.6) is 11.5 Å². The van der Waals surface area contributed by atoms with Crippen molar-refractivity contribution in [3.63, 3.8) is 0 Å². The van der Waals surface area contributed by atoms with Gasteiger partial charge in [-0.15, -0.1) is 0 Å². The van der Waals surface area contributed by atoms with Crippen LogP contribution in [-0.2, 0) is 6.42 Å². The topological polar surface area (TPSA) is 42.2 Å². The first kappa shape index (κ1) is 10.4. The average Bonchev–Trinajstić information content (AvgIpc) is 2.20. The Bertz CT molecular complexity index is 341. The summed E-state index contributed by atoms with van der Waals surface area (Å²) in [5.74, 6) is 1.52. The Morgan fingerprint density at radius 3 is 2.07 bits per heavy atom. The lowest BCUT2D eigenvalue weighted by Crippen LogP contribution is -1.95. The van der Waals surface area contributed by atoms with Crippen LogP contribution in [0, 0.1) is 18.3 Å². The summed E-state index contributed by atoms with van der Waals surface area (Å²) < 4.78 is 10.4. The Balaban J connectivity index is 3.19. The zero-order valence-corrected chi connectivity index (χ0v) is 8.63. The first-order chi connectivity index (χ1) is 6.72. The van der Waals surface area contributed by atoms with Crippen molar-refractivity contribution in [3.05, 3.63) is 23.3 Å². The lowest BCUT2D eigenvalue weighted by atomic mass is 10.1. The zero-order valence-electron chi connectivity index (χ0n) is 8.63. The highest BCUT2D eigenvalue weighted by atomic mass is 16.5. The van der Waals surface area contributed by atoms with Crippen LogP contribution in [0.2, 0.25) is 0 Å². The van der Waals surface area contributed by atoms with E-state index >= 15 is 0 Å². The van der Waals surface area contributed by atoms with E-state index in [1.807, 2.05) is 19.1 Å². The van der Waals surface area contributed by atoms with Gasteiger partial charge in [0.2, 0.25) is 0 Å². The molecule has 0 N–H and O–H groups in total. The smallest absolute Gasteiger partial charge is 0.125 e. The average molecular weight is 191 g/mol. The van der Waals surface area contributed by atoms with E-state index in [1.54, 1.807) is 14.2 Å². The molecule has 0 atom stereocenters. The predicted molar refractivity (Wildman–Crippen MR) is 53.6 cm³/mol. The maximum atomic E-state index is 8.58. The van der Waals surface area contributed by atoms with Gasteiger partial charge < -0.3 is 9.47 Å². The second-order valence-electron chi connectivity index (χ2n) is 2.96. The molecule has 74 valence electrons. The molecule has 1 aromatic carbocycles. The minimum atomic E-state index is 0.368. The minimum Gasteiger partial charge on any atom is -0.496 e. The number of hydrogen-bond acceptors (Lipinski definition) is 3. The molecule has 14 heavy (non-hydrogen) atoms. The zero-order chi connectivity index (χ0) is 10.6. The Hall–Kier alpha value is -1.69. The van der Waals surface area contributed by atoms with E-state index in [1.165, 1.54) is 0 Å². The third-order valence-corrected chi connectivity index (χ3v) is 2.10. The van der Waals surface area contributed by atoms with Crippen molar-refractivity contribution < 1.29 is 9.47 Å². The summed E-state index contributed by atoms with van der Waals surface area (Å²) in [7, 11) is 3.22.